The van der Waals surface area contributed by atoms with Crippen LogP contribution in [0.2, 0.25) is 0 Å². The monoisotopic (exact) mass is 246 g/mol. The van der Waals surface area contributed by atoms with Crippen LogP contribution in [-0.2, 0) is 4.74 Å². The van der Waals surface area contributed by atoms with Crippen molar-refractivity contribution in [2.45, 2.75) is 44.4 Å². The highest BCUT2D eigenvalue weighted by Crippen LogP contribution is 2.30. The Balaban J connectivity index is 1.73. The first-order chi connectivity index (χ1) is 8.76. The summed E-state index contributed by atoms with van der Waals surface area (Å²) in [4.78, 5) is 2.45. The van der Waals surface area contributed by atoms with Crippen molar-refractivity contribution in [3.63, 3.8) is 0 Å². The van der Waals surface area contributed by atoms with Gasteiger partial charge in [0.2, 0.25) is 0 Å². The minimum absolute atomic E-state index is 0.167. The fraction of sp³-hybridized carbons (Fsp3) is 0.600. The van der Waals surface area contributed by atoms with Gasteiger partial charge in [0.05, 0.1) is 12.2 Å². The molecule has 0 aromatic heterocycles. The molecule has 3 atom stereocenters. The molecule has 2 aliphatic rings. The summed E-state index contributed by atoms with van der Waals surface area (Å²) < 4.78 is 5.87. The van der Waals surface area contributed by atoms with Gasteiger partial charge in [-0.2, -0.15) is 0 Å². The molecular formula is C15H22N2O. The molecule has 2 unspecified atom stereocenters. The zero-order valence-corrected chi connectivity index (χ0v) is 11.0. The number of hydrogen-bond donors (Lipinski definition) is 1. The van der Waals surface area contributed by atoms with Crippen molar-refractivity contribution >= 4 is 5.69 Å². The molecule has 2 aliphatic heterocycles. The SMILES string of the molecule is CC[C@H](N)c1ccc(N2CC3CCC(C2)O3)cc1. The highest BCUT2D eigenvalue weighted by molar-refractivity contribution is 5.49. The second kappa shape index (κ2) is 4.90. The predicted molar refractivity (Wildman–Crippen MR) is 73.8 cm³/mol. The Bertz CT molecular complexity index is 391. The quantitative estimate of drug-likeness (QED) is 0.890. The molecule has 2 N–H and O–H groups in total. The van der Waals surface area contributed by atoms with Crippen LogP contribution in [-0.4, -0.2) is 25.3 Å². The summed E-state index contributed by atoms with van der Waals surface area (Å²) in [6.45, 7) is 4.20. The second-order valence-corrected chi connectivity index (χ2v) is 5.47. The molecule has 98 valence electrons. The molecule has 3 heteroatoms. The van der Waals surface area contributed by atoms with Gasteiger partial charge < -0.3 is 15.4 Å². The first-order valence-corrected chi connectivity index (χ1v) is 7.02. The fourth-order valence-corrected chi connectivity index (χ4v) is 2.99. The lowest BCUT2D eigenvalue weighted by molar-refractivity contribution is 0.0305. The second-order valence-electron chi connectivity index (χ2n) is 5.47. The molecule has 2 heterocycles. The number of nitrogens with zero attached hydrogens (tertiary/aromatic N) is 1. The third-order valence-corrected chi connectivity index (χ3v) is 4.17. The third kappa shape index (κ3) is 2.25. The fourth-order valence-electron chi connectivity index (χ4n) is 2.99. The smallest absolute Gasteiger partial charge is 0.0755 e. The van der Waals surface area contributed by atoms with Crippen molar-refractivity contribution in [2.75, 3.05) is 18.0 Å². The van der Waals surface area contributed by atoms with Crippen LogP contribution in [0.25, 0.3) is 0 Å². The van der Waals surface area contributed by atoms with E-state index >= 15 is 0 Å². The number of rotatable bonds is 3. The number of morpholine rings is 1. The Morgan fingerprint density at radius 3 is 2.39 bits per heavy atom. The van der Waals surface area contributed by atoms with E-state index in [-0.39, 0.29) is 6.04 Å². The zero-order chi connectivity index (χ0) is 12.5. The minimum Gasteiger partial charge on any atom is -0.371 e. The maximum atomic E-state index is 6.04. The maximum absolute atomic E-state index is 6.04. The number of fused-ring (bicyclic) bond motifs is 2. The maximum Gasteiger partial charge on any atom is 0.0755 e. The molecular weight excluding hydrogens is 224 g/mol. The van der Waals surface area contributed by atoms with E-state index in [1.54, 1.807) is 0 Å². The van der Waals surface area contributed by atoms with Crippen molar-refractivity contribution in [1.29, 1.82) is 0 Å². The number of ether oxygens (including phenoxy) is 1. The molecule has 3 nitrogen and oxygen atoms in total. The lowest BCUT2D eigenvalue weighted by Crippen LogP contribution is -2.42. The van der Waals surface area contributed by atoms with Crippen molar-refractivity contribution in [3.8, 4) is 0 Å². The topological polar surface area (TPSA) is 38.5 Å². The molecule has 2 saturated heterocycles. The van der Waals surface area contributed by atoms with Crippen molar-refractivity contribution < 1.29 is 4.74 Å². The Morgan fingerprint density at radius 1 is 1.22 bits per heavy atom. The van der Waals surface area contributed by atoms with E-state index < -0.39 is 0 Å². The minimum atomic E-state index is 0.167. The molecule has 0 spiro atoms. The van der Waals surface area contributed by atoms with Crippen LogP contribution in [0.4, 0.5) is 5.69 Å². The molecule has 1 aromatic carbocycles. The van der Waals surface area contributed by atoms with Gasteiger partial charge in [-0.05, 0) is 37.0 Å². The highest BCUT2D eigenvalue weighted by atomic mass is 16.5. The molecule has 18 heavy (non-hydrogen) atoms. The number of anilines is 1. The summed E-state index contributed by atoms with van der Waals surface area (Å²) in [5, 5.41) is 0. The normalized spacial score (nSPS) is 28.4. The Morgan fingerprint density at radius 2 is 1.83 bits per heavy atom. The van der Waals surface area contributed by atoms with E-state index in [1.807, 2.05) is 0 Å². The molecule has 0 aliphatic carbocycles. The lowest BCUT2D eigenvalue weighted by Gasteiger charge is -2.34. The van der Waals surface area contributed by atoms with Crippen molar-refractivity contribution in [3.05, 3.63) is 29.8 Å². The summed E-state index contributed by atoms with van der Waals surface area (Å²) in [5.41, 5.74) is 8.58. The van der Waals surface area contributed by atoms with Gasteiger partial charge in [-0.25, -0.2) is 0 Å². The molecule has 0 radical (unpaired) electrons. The van der Waals surface area contributed by atoms with Gasteiger partial charge in [-0.15, -0.1) is 0 Å². The summed E-state index contributed by atoms with van der Waals surface area (Å²) >= 11 is 0. The third-order valence-electron chi connectivity index (χ3n) is 4.17. The van der Waals surface area contributed by atoms with Gasteiger partial charge in [0, 0.05) is 24.8 Å². The van der Waals surface area contributed by atoms with Gasteiger partial charge in [0.1, 0.15) is 0 Å². The van der Waals surface area contributed by atoms with Crippen LogP contribution >= 0.6 is 0 Å². The molecule has 0 amide bonds. The Labute approximate surface area is 109 Å². The van der Waals surface area contributed by atoms with Gasteiger partial charge in [-0.3, -0.25) is 0 Å². The van der Waals surface area contributed by atoms with E-state index in [0.29, 0.717) is 12.2 Å². The molecule has 3 rings (SSSR count). The van der Waals surface area contributed by atoms with E-state index in [4.69, 9.17) is 10.5 Å². The highest BCUT2D eigenvalue weighted by Gasteiger charge is 2.33. The van der Waals surface area contributed by atoms with Crippen LogP contribution < -0.4 is 10.6 Å². The van der Waals surface area contributed by atoms with Crippen LogP contribution in [0.3, 0.4) is 0 Å². The van der Waals surface area contributed by atoms with Crippen LogP contribution in [0.15, 0.2) is 24.3 Å². The average molecular weight is 246 g/mol. The summed E-state index contributed by atoms with van der Waals surface area (Å²) in [6, 6.07) is 8.91. The van der Waals surface area contributed by atoms with E-state index in [9.17, 15) is 0 Å². The number of nitrogens with two attached hydrogens (primary N) is 1. The summed E-state index contributed by atoms with van der Waals surface area (Å²) in [6.07, 6.45) is 4.32. The molecule has 2 fully saturated rings. The van der Waals surface area contributed by atoms with Crippen LogP contribution in [0.1, 0.15) is 37.8 Å². The summed E-state index contributed by atoms with van der Waals surface area (Å²) in [5.74, 6) is 0. The first kappa shape index (κ1) is 12.0. The lowest BCUT2D eigenvalue weighted by atomic mass is 10.0. The standard InChI is InChI=1S/C15H22N2O/c1-2-15(16)11-3-5-12(6-4-11)17-9-13-7-8-14(10-17)18-13/h3-6,13-15H,2,7-10,16H2,1H3/t13?,14?,15-/m0/s1. The van der Waals surface area contributed by atoms with Gasteiger partial charge >= 0.3 is 0 Å². The molecule has 0 saturated carbocycles. The molecule has 2 bridgehead atoms. The molecule has 1 aromatic rings. The van der Waals surface area contributed by atoms with Gasteiger partial charge in [0.25, 0.3) is 0 Å². The van der Waals surface area contributed by atoms with E-state index in [0.717, 1.165) is 19.5 Å². The van der Waals surface area contributed by atoms with Gasteiger partial charge in [0.15, 0.2) is 0 Å². The Hall–Kier alpha value is -1.06. The van der Waals surface area contributed by atoms with Crippen molar-refractivity contribution in [2.24, 2.45) is 5.73 Å². The van der Waals surface area contributed by atoms with Gasteiger partial charge in [-0.1, -0.05) is 19.1 Å². The van der Waals surface area contributed by atoms with Crippen LogP contribution in [0.5, 0.6) is 0 Å². The zero-order valence-electron chi connectivity index (χ0n) is 11.0. The summed E-state index contributed by atoms with van der Waals surface area (Å²) in [7, 11) is 0. The van der Waals surface area contributed by atoms with Crippen molar-refractivity contribution in [1.82, 2.24) is 0 Å². The predicted octanol–water partition coefficient (Wildman–Crippen LogP) is 2.46. The Kier molecular flexibility index (Phi) is 3.27. The average Bonchev–Trinajstić information content (AvgIpc) is 2.77. The first-order valence-electron chi connectivity index (χ1n) is 7.02. The van der Waals surface area contributed by atoms with E-state index in [2.05, 4.69) is 36.1 Å². The van der Waals surface area contributed by atoms with E-state index in [1.165, 1.54) is 24.1 Å². The van der Waals surface area contributed by atoms with Crippen LogP contribution in [0, 0.1) is 0 Å². The number of hydrogen-bond acceptors (Lipinski definition) is 3. The number of benzene rings is 1. The largest absolute Gasteiger partial charge is 0.371 e.